The van der Waals surface area contributed by atoms with Gasteiger partial charge in [-0.25, -0.2) is 0 Å². The second kappa shape index (κ2) is 3.30. The minimum Gasteiger partial charge on any atom is -0.389 e. The van der Waals surface area contributed by atoms with Crippen LogP contribution in [0.5, 0.6) is 0 Å². The molecule has 1 aliphatic rings. The number of halogens is 3. The Kier molecular flexibility index (Phi) is 3.06. The smallest absolute Gasteiger partial charge is 0.145 e. The van der Waals surface area contributed by atoms with Crippen molar-refractivity contribution >= 4 is 39.1 Å². The third-order valence-electron chi connectivity index (χ3n) is 2.38. The molecule has 12 heavy (non-hydrogen) atoms. The summed E-state index contributed by atoms with van der Waals surface area (Å²) >= 11 is 15.5. The molecule has 1 nitrogen and oxygen atoms in total. The summed E-state index contributed by atoms with van der Waals surface area (Å²) in [6, 6.07) is 0. The molecule has 0 aromatic heterocycles. The summed E-state index contributed by atoms with van der Waals surface area (Å²) in [6.45, 7) is 3.95. The molecule has 0 unspecified atom stereocenters. The van der Waals surface area contributed by atoms with E-state index in [0.29, 0.717) is 11.2 Å². The fourth-order valence-corrected chi connectivity index (χ4v) is 4.41. The first-order valence-electron chi connectivity index (χ1n) is 3.96. The molecule has 0 amide bonds. The zero-order valence-corrected chi connectivity index (χ0v) is 10.2. The number of hydrogen-bond acceptors (Lipinski definition) is 1. The van der Waals surface area contributed by atoms with Gasteiger partial charge in [0, 0.05) is 4.83 Å². The summed E-state index contributed by atoms with van der Waals surface area (Å²) in [5, 5.41) is 9.80. The van der Waals surface area contributed by atoms with Crippen molar-refractivity contribution < 1.29 is 5.11 Å². The van der Waals surface area contributed by atoms with Gasteiger partial charge in [0.05, 0.1) is 6.10 Å². The van der Waals surface area contributed by atoms with Gasteiger partial charge >= 0.3 is 0 Å². The van der Waals surface area contributed by atoms with Gasteiger partial charge in [-0.3, -0.25) is 0 Å². The van der Waals surface area contributed by atoms with Crippen LogP contribution in [0.2, 0.25) is 0 Å². The lowest BCUT2D eigenvalue weighted by Crippen LogP contribution is -2.49. The Hall–Kier alpha value is 1.02. The van der Waals surface area contributed by atoms with E-state index in [1.165, 1.54) is 0 Å². The third kappa shape index (κ3) is 2.09. The second-order valence-corrected chi connectivity index (χ2v) is 7.00. The van der Waals surface area contributed by atoms with Crippen LogP contribution >= 0.6 is 39.1 Å². The molecule has 0 aliphatic heterocycles. The van der Waals surface area contributed by atoms with Crippen LogP contribution in [0.15, 0.2) is 0 Å². The Morgan fingerprint density at radius 1 is 1.33 bits per heavy atom. The van der Waals surface area contributed by atoms with Crippen LogP contribution in [0.4, 0.5) is 0 Å². The van der Waals surface area contributed by atoms with Gasteiger partial charge in [0.1, 0.15) is 4.33 Å². The highest BCUT2D eigenvalue weighted by Gasteiger charge is 2.49. The molecule has 0 aromatic carbocycles. The van der Waals surface area contributed by atoms with Gasteiger partial charge in [-0.05, 0) is 18.3 Å². The molecule has 0 aromatic rings. The Morgan fingerprint density at radius 3 is 2.25 bits per heavy atom. The normalized spacial score (nSPS) is 39.5. The van der Waals surface area contributed by atoms with Crippen molar-refractivity contribution in [1.82, 2.24) is 0 Å². The van der Waals surface area contributed by atoms with Crippen molar-refractivity contribution in [1.29, 1.82) is 0 Å². The lowest BCUT2D eigenvalue weighted by Gasteiger charge is -2.44. The van der Waals surface area contributed by atoms with E-state index in [-0.39, 0.29) is 5.41 Å². The molecule has 0 spiro atoms. The minimum absolute atomic E-state index is 0.212. The highest BCUT2D eigenvalue weighted by atomic mass is 79.9. The summed E-state index contributed by atoms with van der Waals surface area (Å²) in [6.07, 6.45) is 0.845. The highest BCUT2D eigenvalue weighted by molar-refractivity contribution is 9.09. The average molecular weight is 276 g/mol. The number of aliphatic hydroxyl groups is 1. The summed E-state index contributed by atoms with van der Waals surface area (Å²) in [7, 11) is 0. The molecular formula is C8H13BrCl2O. The molecule has 0 bridgehead atoms. The van der Waals surface area contributed by atoms with Crippen LogP contribution in [0, 0.1) is 5.41 Å². The monoisotopic (exact) mass is 274 g/mol. The van der Waals surface area contributed by atoms with Crippen molar-refractivity contribution in [2.45, 2.75) is 42.0 Å². The molecule has 0 heterocycles. The van der Waals surface area contributed by atoms with E-state index >= 15 is 0 Å². The lowest BCUT2D eigenvalue weighted by molar-refractivity contribution is 0.00860. The average Bonchev–Trinajstić information content (AvgIpc) is 1.80. The van der Waals surface area contributed by atoms with E-state index in [2.05, 4.69) is 15.9 Å². The molecule has 72 valence electrons. The van der Waals surface area contributed by atoms with Gasteiger partial charge < -0.3 is 5.11 Å². The topological polar surface area (TPSA) is 20.2 Å². The number of aliphatic hydroxyl groups excluding tert-OH is 1. The zero-order valence-electron chi connectivity index (χ0n) is 7.15. The first kappa shape index (κ1) is 11.1. The van der Waals surface area contributed by atoms with Crippen molar-refractivity contribution in [3.05, 3.63) is 0 Å². The number of hydrogen-bond donors (Lipinski definition) is 1. The van der Waals surface area contributed by atoms with Crippen LogP contribution in [0.3, 0.4) is 0 Å². The lowest BCUT2D eigenvalue weighted by atomic mass is 9.74. The summed E-state index contributed by atoms with van der Waals surface area (Å²) < 4.78 is -1.00. The van der Waals surface area contributed by atoms with Crippen molar-refractivity contribution in [3.8, 4) is 0 Å². The minimum atomic E-state index is -1.00. The van der Waals surface area contributed by atoms with Gasteiger partial charge in [-0.2, -0.15) is 0 Å². The number of alkyl halides is 3. The van der Waals surface area contributed by atoms with Crippen LogP contribution in [-0.2, 0) is 0 Å². The Balaban J connectivity index is 2.84. The molecule has 1 rings (SSSR count). The van der Waals surface area contributed by atoms with E-state index in [1.807, 2.05) is 13.8 Å². The SMILES string of the molecule is CC1(C)C[C@H](Br)CC(Cl)(Cl)[C@@H]1O. The molecule has 1 aliphatic carbocycles. The maximum Gasteiger partial charge on any atom is 0.145 e. The van der Waals surface area contributed by atoms with Gasteiger partial charge in [0.25, 0.3) is 0 Å². The number of rotatable bonds is 0. The van der Waals surface area contributed by atoms with Gasteiger partial charge in [-0.1, -0.05) is 53.0 Å². The van der Waals surface area contributed by atoms with Crippen molar-refractivity contribution in [3.63, 3.8) is 0 Å². The maximum atomic E-state index is 9.80. The fraction of sp³-hybridized carbons (Fsp3) is 1.00. The molecule has 0 radical (unpaired) electrons. The van der Waals surface area contributed by atoms with E-state index in [0.717, 1.165) is 6.42 Å². The Labute approximate surface area is 91.6 Å². The van der Waals surface area contributed by atoms with Crippen LogP contribution in [0.25, 0.3) is 0 Å². The quantitative estimate of drug-likeness (QED) is 0.674. The van der Waals surface area contributed by atoms with Gasteiger partial charge in [0.15, 0.2) is 0 Å². The molecule has 0 saturated heterocycles. The zero-order chi connectivity index (χ0) is 9.57. The van der Waals surface area contributed by atoms with E-state index in [4.69, 9.17) is 23.2 Å². The first-order chi connectivity index (χ1) is 5.26. The first-order valence-corrected chi connectivity index (χ1v) is 5.63. The molecule has 1 fully saturated rings. The largest absolute Gasteiger partial charge is 0.389 e. The van der Waals surface area contributed by atoms with E-state index in [9.17, 15) is 5.11 Å². The fourth-order valence-electron chi connectivity index (χ4n) is 1.73. The molecule has 1 N–H and O–H groups in total. The van der Waals surface area contributed by atoms with Gasteiger partial charge in [0.2, 0.25) is 0 Å². The Bertz CT molecular complexity index is 164. The van der Waals surface area contributed by atoms with Crippen molar-refractivity contribution in [2.24, 2.45) is 5.41 Å². The van der Waals surface area contributed by atoms with Crippen LogP contribution < -0.4 is 0 Å². The van der Waals surface area contributed by atoms with Gasteiger partial charge in [-0.15, -0.1) is 0 Å². The van der Waals surface area contributed by atoms with E-state index in [1.54, 1.807) is 0 Å². The molecular weight excluding hydrogens is 263 g/mol. The summed E-state index contributed by atoms with van der Waals surface area (Å²) in [5.74, 6) is 0. The predicted molar refractivity (Wildman–Crippen MR) is 56.2 cm³/mol. The third-order valence-corrected chi connectivity index (χ3v) is 3.75. The summed E-state index contributed by atoms with van der Waals surface area (Å²) in [4.78, 5) is 0.297. The summed E-state index contributed by atoms with van der Waals surface area (Å²) in [5.41, 5.74) is -0.212. The highest BCUT2D eigenvalue weighted by Crippen LogP contribution is 2.49. The van der Waals surface area contributed by atoms with E-state index < -0.39 is 10.4 Å². The standard InChI is InChI=1S/C8H13BrCl2O/c1-7(2)3-5(9)4-8(10,11)6(7)12/h5-6,12H,3-4H2,1-2H3/t5-,6+/m0/s1. The molecule has 2 atom stereocenters. The van der Waals surface area contributed by atoms with Crippen molar-refractivity contribution in [2.75, 3.05) is 0 Å². The molecule has 1 saturated carbocycles. The predicted octanol–water partition coefficient (Wildman–Crippen LogP) is 3.10. The Morgan fingerprint density at radius 2 is 1.83 bits per heavy atom. The molecule has 4 heteroatoms. The van der Waals surface area contributed by atoms with Crippen LogP contribution in [0.1, 0.15) is 26.7 Å². The maximum absolute atomic E-state index is 9.80. The van der Waals surface area contributed by atoms with Crippen LogP contribution in [-0.4, -0.2) is 20.4 Å². The second-order valence-electron chi connectivity index (χ2n) is 4.16.